The molecule has 0 aromatic carbocycles. The number of aliphatic hydroxyl groups excluding tert-OH is 2. The normalized spacial score (nSPS) is 13.7. The first-order chi connectivity index (χ1) is 31.0. The van der Waals surface area contributed by atoms with Crippen molar-refractivity contribution in [3.05, 3.63) is 60.8 Å². The van der Waals surface area contributed by atoms with Gasteiger partial charge >= 0.3 is 5.97 Å². The molecule has 0 aliphatic rings. The van der Waals surface area contributed by atoms with Gasteiger partial charge in [0.25, 0.3) is 0 Å². The molecule has 3 N–H and O–H groups in total. The lowest BCUT2D eigenvalue weighted by Gasteiger charge is -2.24. The minimum atomic E-state index is -0.795. The van der Waals surface area contributed by atoms with E-state index in [9.17, 15) is 19.8 Å². The average Bonchev–Trinajstić information content (AvgIpc) is 3.28. The maximum atomic E-state index is 13.2. The van der Waals surface area contributed by atoms with Gasteiger partial charge in [0.1, 0.15) is 6.10 Å². The monoisotopic (exact) mass is 882 g/mol. The third kappa shape index (κ3) is 45.9. The van der Waals surface area contributed by atoms with Crippen LogP contribution in [0, 0.1) is 0 Å². The summed E-state index contributed by atoms with van der Waals surface area (Å²) >= 11 is 0. The third-order valence-corrected chi connectivity index (χ3v) is 12.2. The molecular formula is C57H103NO5. The Hall–Kier alpha value is -2.44. The van der Waals surface area contributed by atoms with Crippen LogP contribution >= 0.6 is 0 Å². The van der Waals surface area contributed by atoms with Crippen LogP contribution < -0.4 is 5.32 Å². The molecule has 0 aliphatic carbocycles. The van der Waals surface area contributed by atoms with Gasteiger partial charge in [0.05, 0.1) is 25.2 Å². The zero-order valence-electron chi connectivity index (χ0n) is 41.7. The Kier molecular flexibility index (Phi) is 48.6. The Morgan fingerprint density at radius 2 is 0.873 bits per heavy atom. The van der Waals surface area contributed by atoms with Gasteiger partial charge in [-0.2, -0.15) is 0 Å². The van der Waals surface area contributed by atoms with Crippen molar-refractivity contribution in [1.29, 1.82) is 0 Å². The van der Waals surface area contributed by atoms with Gasteiger partial charge in [-0.15, -0.1) is 0 Å². The topological polar surface area (TPSA) is 95.9 Å². The average molecular weight is 882 g/mol. The second-order valence-electron chi connectivity index (χ2n) is 18.3. The first-order valence-corrected chi connectivity index (χ1v) is 27.1. The fourth-order valence-corrected chi connectivity index (χ4v) is 8.08. The van der Waals surface area contributed by atoms with E-state index >= 15 is 0 Å². The lowest BCUT2D eigenvalue weighted by Crippen LogP contribution is -2.46. The van der Waals surface area contributed by atoms with Crippen LogP contribution in [0.5, 0.6) is 0 Å². The number of nitrogens with one attached hydrogen (secondary N) is 1. The van der Waals surface area contributed by atoms with Crippen LogP contribution in [0.2, 0.25) is 0 Å². The van der Waals surface area contributed by atoms with Gasteiger partial charge in [-0.25, -0.2) is 0 Å². The number of rotatable bonds is 48. The Balaban J connectivity index is 4.62. The molecule has 0 bridgehead atoms. The Morgan fingerprint density at radius 1 is 0.476 bits per heavy atom. The van der Waals surface area contributed by atoms with Crippen molar-refractivity contribution in [1.82, 2.24) is 5.32 Å². The van der Waals surface area contributed by atoms with Crippen LogP contribution in [-0.4, -0.2) is 46.9 Å². The number of esters is 1. The van der Waals surface area contributed by atoms with Crippen molar-refractivity contribution in [3.63, 3.8) is 0 Å². The molecular weight excluding hydrogens is 779 g/mol. The molecule has 0 rings (SSSR count). The minimum absolute atomic E-state index is 0.0616. The summed E-state index contributed by atoms with van der Waals surface area (Å²) in [6.07, 6.45) is 62.7. The first kappa shape index (κ1) is 60.6. The van der Waals surface area contributed by atoms with Crippen LogP contribution in [0.15, 0.2) is 60.8 Å². The molecule has 366 valence electrons. The van der Waals surface area contributed by atoms with E-state index in [0.29, 0.717) is 19.3 Å². The van der Waals surface area contributed by atoms with Crippen molar-refractivity contribution >= 4 is 11.9 Å². The highest BCUT2D eigenvalue weighted by molar-refractivity contribution is 5.77. The van der Waals surface area contributed by atoms with E-state index in [-0.39, 0.29) is 24.9 Å². The number of unbranched alkanes of at least 4 members (excludes halogenated alkanes) is 29. The van der Waals surface area contributed by atoms with E-state index in [0.717, 1.165) is 89.9 Å². The van der Waals surface area contributed by atoms with Gasteiger partial charge in [-0.3, -0.25) is 9.59 Å². The van der Waals surface area contributed by atoms with Crippen LogP contribution in [0.4, 0.5) is 0 Å². The molecule has 6 nitrogen and oxygen atoms in total. The van der Waals surface area contributed by atoms with Crippen molar-refractivity contribution in [2.45, 2.75) is 283 Å². The molecule has 3 atom stereocenters. The van der Waals surface area contributed by atoms with E-state index in [4.69, 9.17) is 4.74 Å². The Labute approximate surface area is 390 Å². The summed E-state index contributed by atoms with van der Waals surface area (Å²) in [6.45, 7) is 6.35. The SMILES string of the molecule is CC/C=C/C=C/C=C/C=C\CCCCCCCC(=O)OC(CCCCCCC/C=C/CCCCCCCC)CC(=O)NC(CO)C(O)CCCCCCCCCCCCCCCC. The lowest BCUT2D eigenvalue weighted by molar-refractivity contribution is -0.151. The maximum Gasteiger partial charge on any atom is 0.306 e. The summed E-state index contributed by atoms with van der Waals surface area (Å²) < 4.78 is 5.93. The number of carbonyl (C=O) groups is 2. The van der Waals surface area contributed by atoms with Crippen LogP contribution in [0.1, 0.15) is 265 Å². The van der Waals surface area contributed by atoms with Crippen LogP contribution in [-0.2, 0) is 14.3 Å². The number of aliphatic hydroxyl groups is 2. The third-order valence-electron chi connectivity index (χ3n) is 12.2. The van der Waals surface area contributed by atoms with E-state index in [1.807, 2.05) is 18.2 Å². The van der Waals surface area contributed by atoms with Crippen molar-refractivity contribution < 1.29 is 24.5 Å². The van der Waals surface area contributed by atoms with Crippen molar-refractivity contribution in [2.75, 3.05) is 6.61 Å². The Morgan fingerprint density at radius 3 is 1.35 bits per heavy atom. The minimum Gasteiger partial charge on any atom is -0.462 e. The first-order valence-electron chi connectivity index (χ1n) is 27.1. The molecule has 0 saturated heterocycles. The lowest BCUT2D eigenvalue weighted by atomic mass is 10.0. The highest BCUT2D eigenvalue weighted by atomic mass is 16.5. The second kappa shape index (κ2) is 50.6. The number of hydrogen-bond donors (Lipinski definition) is 3. The fourth-order valence-electron chi connectivity index (χ4n) is 8.08. The van der Waals surface area contributed by atoms with Crippen molar-refractivity contribution in [3.8, 4) is 0 Å². The zero-order chi connectivity index (χ0) is 45.9. The quantitative estimate of drug-likeness (QED) is 0.0245. The highest BCUT2D eigenvalue weighted by Gasteiger charge is 2.24. The molecule has 0 saturated carbocycles. The number of carbonyl (C=O) groups excluding carboxylic acids is 2. The molecule has 3 unspecified atom stereocenters. The van der Waals surface area contributed by atoms with Gasteiger partial charge in [0.2, 0.25) is 5.91 Å². The predicted molar refractivity (Wildman–Crippen MR) is 273 cm³/mol. The molecule has 0 aromatic heterocycles. The molecule has 0 heterocycles. The fraction of sp³-hybridized carbons (Fsp3) is 0.789. The smallest absolute Gasteiger partial charge is 0.306 e. The van der Waals surface area contributed by atoms with Gasteiger partial charge in [0, 0.05) is 6.42 Å². The largest absolute Gasteiger partial charge is 0.462 e. The van der Waals surface area contributed by atoms with Gasteiger partial charge in [0.15, 0.2) is 0 Å². The summed E-state index contributed by atoms with van der Waals surface area (Å²) in [5, 5.41) is 23.8. The molecule has 1 amide bonds. The predicted octanol–water partition coefficient (Wildman–Crippen LogP) is 16.4. The second-order valence-corrected chi connectivity index (χ2v) is 18.3. The maximum absolute atomic E-state index is 13.2. The standard InChI is InChI=1S/C57H103NO5/c1-4-7-10-13-16-19-22-25-28-30-33-36-39-42-45-48-53(63-57(62)50-47-44-41-38-35-32-29-26-23-20-17-14-11-8-5-2)51-56(61)58-54(52-59)55(60)49-46-43-40-37-34-31-27-24-21-18-15-12-9-6-3/h8,11,14,17,20,23,25-26,28-29,53-55,59-60H,4-7,9-10,12-13,15-16,18-19,21-22,24,27,30-52H2,1-3H3,(H,58,61)/b11-8+,17-14+,23-20+,28-25+,29-26-. The molecule has 0 radical (unpaired) electrons. The van der Waals surface area contributed by atoms with E-state index < -0.39 is 18.2 Å². The van der Waals surface area contributed by atoms with Gasteiger partial charge in [-0.1, -0.05) is 242 Å². The zero-order valence-corrected chi connectivity index (χ0v) is 41.7. The van der Waals surface area contributed by atoms with E-state index in [2.05, 4.69) is 68.6 Å². The van der Waals surface area contributed by atoms with E-state index in [1.165, 1.54) is 128 Å². The molecule has 0 aromatic rings. The summed E-state index contributed by atoms with van der Waals surface area (Å²) in [7, 11) is 0. The molecule has 63 heavy (non-hydrogen) atoms. The number of ether oxygens (including phenoxy) is 1. The molecule has 6 heteroatoms. The van der Waals surface area contributed by atoms with E-state index in [1.54, 1.807) is 0 Å². The Bertz CT molecular complexity index is 1130. The number of hydrogen-bond acceptors (Lipinski definition) is 5. The summed E-state index contributed by atoms with van der Waals surface area (Å²) in [5.41, 5.74) is 0. The molecule has 0 fully saturated rings. The van der Waals surface area contributed by atoms with Crippen LogP contribution in [0.3, 0.4) is 0 Å². The van der Waals surface area contributed by atoms with Crippen molar-refractivity contribution in [2.24, 2.45) is 0 Å². The molecule has 0 aliphatic heterocycles. The van der Waals surface area contributed by atoms with Gasteiger partial charge in [-0.05, 0) is 70.6 Å². The highest BCUT2D eigenvalue weighted by Crippen LogP contribution is 2.18. The van der Waals surface area contributed by atoms with Crippen LogP contribution in [0.25, 0.3) is 0 Å². The summed E-state index contributed by atoms with van der Waals surface area (Å²) in [6, 6.07) is -0.710. The summed E-state index contributed by atoms with van der Waals surface area (Å²) in [5.74, 6) is -0.504. The number of amides is 1. The van der Waals surface area contributed by atoms with Gasteiger partial charge < -0.3 is 20.3 Å². The summed E-state index contributed by atoms with van der Waals surface area (Å²) in [4.78, 5) is 26.2. The number of allylic oxidation sites excluding steroid dienone is 10. The molecule has 0 spiro atoms.